The molecule has 1 heterocycles. The summed E-state index contributed by atoms with van der Waals surface area (Å²) in [5, 5.41) is 6.04. The van der Waals surface area contributed by atoms with Gasteiger partial charge in [0.1, 0.15) is 0 Å². The molecule has 0 aliphatic carbocycles. The van der Waals surface area contributed by atoms with Crippen LogP contribution in [0.3, 0.4) is 0 Å². The zero-order valence-corrected chi connectivity index (χ0v) is 19.4. The van der Waals surface area contributed by atoms with Gasteiger partial charge in [-0.1, -0.05) is 84.9 Å². The number of para-hydroxylation sites is 4. The Labute approximate surface area is 199 Å². The van der Waals surface area contributed by atoms with Crippen molar-refractivity contribution in [3.8, 4) is 0 Å². The summed E-state index contributed by atoms with van der Waals surface area (Å²) in [5.74, 6) is 0. The highest BCUT2D eigenvalue weighted by Gasteiger charge is 2.30. The van der Waals surface area contributed by atoms with Crippen LogP contribution in [0.5, 0.6) is 0 Å². The van der Waals surface area contributed by atoms with E-state index in [1.54, 1.807) is 0 Å². The standard InChI is InChI=1S/C30H23N2OP/c33-34(24-11-3-1-4-12-24,25-13-5-2-6-14-25)26-21-19-23(20-22-26)32-29-17-9-7-15-27(29)31-28-16-8-10-18-30(28)32/h1-22,31H. The van der Waals surface area contributed by atoms with Crippen LogP contribution in [-0.4, -0.2) is 0 Å². The van der Waals surface area contributed by atoms with E-state index in [0.717, 1.165) is 44.4 Å². The number of anilines is 5. The highest BCUT2D eigenvalue weighted by molar-refractivity contribution is 7.85. The first-order chi connectivity index (χ1) is 16.7. The van der Waals surface area contributed by atoms with Gasteiger partial charge in [0.25, 0.3) is 0 Å². The molecule has 0 radical (unpaired) electrons. The van der Waals surface area contributed by atoms with E-state index in [1.807, 2.05) is 84.9 Å². The van der Waals surface area contributed by atoms with Crippen LogP contribution in [0.25, 0.3) is 0 Å². The first kappa shape index (κ1) is 20.5. The third-order valence-corrected chi connectivity index (χ3v) is 9.35. The van der Waals surface area contributed by atoms with Gasteiger partial charge in [-0.3, -0.25) is 0 Å². The van der Waals surface area contributed by atoms with Gasteiger partial charge < -0.3 is 14.8 Å². The maximum atomic E-state index is 14.7. The molecule has 0 fully saturated rings. The van der Waals surface area contributed by atoms with Crippen molar-refractivity contribution in [1.29, 1.82) is 0 Å². The molecular weight excluding hydrogens is 435 g/mol. The summed E-state index contributed by atoms with van der Waals surface area (Å²) >= 11 is 0. The molecule has 1 N–H and O–H groups in total. The Kier molecular flexibility index (Phi) is 5.05. The smallest absolute Gasteiger partial charge is 0.171 e. The third-order valence-electron chi connectivity index (χ3n) is 6.27. The maximum absolute atomic E-state index is 14.7. The normalized spacial score (nSPS) is 12.4. The lowest BCUT2D eigenvalue weighted by Gasteiger charge is -2.34. The van der Waals surface area contributed by atoms with E-state index in [0.29, 0.717) is 0 Å². The number of hydrogen-bond acceptors (Lipinski definition) is 3. The Hall–Kier alpha value is -4.07. The van der Waals surface area contributed by atoms with E-state index >= 15 is 0 Å². The molecule has 1 aliphatic heterocycles. The van der Waals surface area contributed by atoms with E-state index < -0.39 is 7.14 Å². The van der Waals surface area contributed by atoms with Crippen LogP contribution in [-0.2, 0) is 4.57 Å². The summed E-state index contributed by atoms with van der Waals surface area (Å²) in [6.07, 6.45) is 0. The summed E-state index contributed by atoms with van der Waals surface area (Å²) in [6.45, 7) is 0. The Bertz CT molecular complexity index is 1410. The first-order valence-electron chi connectivity index (χ1n) is 11.3. The predicted molar refractivity (Wildman–Crippen MR) is 144 cm³/mol. The third kappa shape index (κ3) is 3.34. The van der Waals surface area contributed by atoms with Crippen molar-refractivity contribution >= 4 is 51.5 Å². The minimum atomic E-state index is -3.00. The fourth-order valence-electron chi connectivity index (χ4n) is 4.64. The quantitative estimate of drug-likeness (QED) is 0.293. The number of nitrogens with zero attached hydrogens (tertiary/aromatic N) is 1. The highest BCUT2D eigenvalue weighted by Crippen LogP contribution is 2.48. The van der Waals surface area contributed by atoms with Gasteiger partial charge in [0, 0.05) is 21.6 Å². The Balaban J connectivity index is 1.49. The van der Waals surface area contributed by atoms with Crippen molar-refractivity contribution in [2.24, 2.45) is 0 Å². The molecule has 6 rings (SSSR count). The number of hydrogen-bond donors (Lipinski definition) is 1. The van der Waals surface area contributed by atoms with E-state index in [-0.39, 0.29) is 0 Å². The maximum Gasteiger partial charge on any atom is 0.171 e. The lowest BCUT2D eigenvalue weighted by atomic mass is 10.1. The molecular formula is C30H23N2OP. The molecule has 1 aliphatic rings. The highest BCUT2D eigenvalue weighted by atomic mass is 31.2. The van der Waals surface area contributed by atoms with Crippen LogP contribution in [0, 0.1) is 0 Å². The van der Waals surface area contributed by atoms with Gasteiger partial charge >= 0.3 is 0 Å². The van der Waals surface area contributed by atoms with Crippen molar-refractivity contribution in [3.63, 3.8) is 0 Å². The van der Waals surface area contributed by atoms with Crippen molar-refractivity contribution in [2.45, 2.75) is 0 Å². The number of benzene rings is 5. The monoisotopic (exact) mass is 458 g/mol. The van der Waals surface area contributed by atoms with Crippen molar-refractivity contribution < 1.29 is 4.57 Å². The molecule has 5 aromatic rings. The SMILES string of the molecule is O=P(c1ccccc1)(c1ccccc1)c1ccc(N2c3ccccc3Nc3ccccc32)cc1. The van der Waals surface area contributed by atoms with E-state index in [1.165, 1.54) is 0 Å². The van der Waals surface area contributed by atoms with Crippen LogP contribution < -0.4 is 26.1 Å². The zero-order chi connectivity index (χ0) is 23.0. The Morgan fingerprint density at radius 2 is 0.882 bits per heavy atom. The largest absolute Gasteiger partial charge is 0.352 e. The van der Waals surface area contributed by atoms with Gasteiger partial charge in [-0.15, -0.1) is 0 Å². The minimum absolute atomic E-state index is 0.824. The van der Waals surface area contributed by atoms with Crippen LogP contribution in [0.1, 0.15) is 0 Å². The molecule has 0 aromatic heterocycles. The average Bonchev–Trinajstić information content (AvgIpc) is 2.92. The topological polar surface area (TPSA) is 32.3 Å². The first-order valence-corrected chi connectivity index (χ1v) is 13.0. The number of nitrogens with one attached hydrogen (secondary N) is 1. The number of fused-ring (bicyclic) bond motifs is 2. The van der Waals surface area contributed by atoms with Gasteiger partial charge in [-0.05, 0) is 48.5 Å². The Morgan fingerprint density at radius 1 is 0.471 bits per heavy atom. The fraction of sp³-hybridized carbons (Fsp3) is 0. The average molecular weight is 459 g/mol. The molecule has 0 amide bonds. The van der Waals surface area contributed by atoms with Gasteiger partial charge in [-0.2, -0.15) is 0 Å². The minimum Gasteiger partial charge on any atom is -0.352 e. The fourth-order valence-corrected chi connectivity index (χ4v) is 7.28. The summed E-state index contributed by atoms with van der Waals surface area (Å²) < 4.78 is 14.7. The molecule has 4 heteroatoms. The zero-order valence-electron chi connectivity index (χ0n) is 18.5. The summed E-state index contributed by atoms with van der Waals surface area (Å²) in [6, 6.07) is 44.4. The van der Waals surface area contributed by atoms with Crippen LogP contribution in [0.2, 0.25) is 0 Å². The van der Waals surface area contributed by atoms with E-state index in [2.05, 4.69) is 58.7 Å². The Morgan fingerprint density at radius 3 is 1.38 bits per heavy atom. The molecule has 0 atom stereocenters. The van der Waals surface area contributed by atoms with E-state index in [4.69, 9.17) is 0 Å². The molecule has 34 heavy (non-hydrogen) atoms. The summed E-state index contributed by atoms with van der Waals surface area (Å²) in [5.41, 5.74) is 5.32. The summed E-state index contributed by atoms with van der Waals surface area (Å²) in [4.78, 5) is 2.25. The van der Waals surface area contributed by atoms with Gasteiger partial charge in [0.05, 0.1) is 22.7 Å². The number of rotatable bonds is 4. The lowest BCUT2D eigenvalue weighted by Crippen LogP contribution is -2.25. The van der Waals surface area contributed by atoms with Gasteiger partial charge in [0.15, 0.2) is 7.14 Å². The van der Waals surface area contributed by atoms with Crippen molar-refractivity contribution in [1.82, 2.24) is 0 Å². The van der Waals surface area contributed by atoms with Gasteiger partial charge in [-0.25, -0.2) is 0 Å². The molecule has 3 nitrogen and oxygen atoms in total. The molecule has 0 spiro atoms. The van der Waals surface area contributed by atoms with Crippen molar-refractivity contribution in [3.05, 3.63) is 133 Å². The second-order valence-electron chi connectivity index (χ2n) is 8.29. The van der Waals surface area contributed by atoms with Crippen LogP contribution >= 0.6 is 7.14 Å². The summed E-state index contributed by atoms with van der Waals surface area (Å²) in [7, 11) is -3.00. The predicted octanol–water partition coefficient (Wildman–Crippen LogP) is 6.85. The molecule has 0 bridgehead atoms. The van der Waals surface area contributed by atoms with Crippen molar-refractivity contribution in [2.75, 3.05) is 10.2 Å². The van der Waals surface area contributed by atoms with Crippen LogP contribution in [0.4, 0.5) is 28.4 Å². The molecule has 5 aromatic carbocycles. The van der Waals surface area contributed by atoms with E-state index in [9.17, 15) is 4.57 Å². The molecule has 0 unspecified atom stereocenters. The molecule has 164 valence electrons. The second-order valence-corrected chi connectivity index (χ2v) is 11.1. The van der Waals surface area contributed by atoms with Crippen LogP contribution in [0.15, 0.2) is 133 Å². The van der Waals surface area contributed by atoms with Gasteiger partial charge in [0.2, 0.25) is 0 Å². The lowest BCUT2D eigenvalue weighted by molar-refractivity contribution is 0.592. The second kappa shape index (κ2) is 8.37. The molecule has 0 saturated carbocycles. The molecule has 0 saturated heterocycles.